The fourth-order valence-electron chi connectivity index (χ4n) is 2.58. The number of ether oxygens (including phenoxy) is 1. The maximum Gasteiger partial charge on any atom is 0.214 e. The fraction of sp³-hybridized carbons (Fsp3) is 0.105. The van der Waals surface area contributed by atoms with Crippen molar-refractivity contribution in [2.75, 3.05) is 6.26 Å². The molecule has 5 nitrogen and oxygen atoms in total. The zero-order valence-corrected chi connectivity index (χ0v) is 16.0. The van der Waals surface area contributed by atoms with E-state index < -0.39 is 0 Å². The third-order valence-electron chi connectivity index (χ3n) is 3.84. The van der Waals surface area contributed by atoms with Gasteiger partial charge in [-0.2, -0.15) is 0 Å². The molecule has 136 valence electrons. The number of thioether (sulfide) groups is 1. The molecule has 0 saturated carbocycles. The Bertz CT molecular complexity index is 1030. The number of thiazole rings is 1. The molecule has 0 aliphatic heterocycles. The summed E-state index contributed by atoms with van der Waals surface area (Å²) in [5.74, 6) is 0.230. The summed E-state index contributed by atoms with van der Waals surface area (Å²) in [6, 6.07) is 10.1. The normalized spacial score (nSPS) is 10.9. The van der Waals surface area contributed by atoms with E-state index in [1.165, 1.54) is 35.2 Å². The van der Waals surface area contributed by atoms with Crippen LogP contribution >= 0.6 is 23.1 Å². The minimum Gasteiger partial charge on any atom is -0.470 e. The van der Waals surface area contributed by atoms with Gasteiger partial charge in [-0.3, -0.25) is 0 Å². The van der Waals surface area contributed by atoms with Gasteiger partial charge in [-0.1, -0.05) is 11.8 Å². The van der Waals surface area contributed by atoms with Gasteiger partial charge in [-0.05, 0) is 36.6 Å². The Labute approximate surface area is 163 Å². The third-order valence-corrected chi connectivity index (χ3v) is 5.18. The van der Waals surface area contributed by atoms with Crippen molar-refractivity contribution >= 4 is 23.1 Å². The Morgan fingerprint density at radius 3 is 2.70 bits per heavy atom. The van der Waals surface area contributed by atoms with Gasteiger partial charge in [0, 0.05) is 35.0 Å². The molecule has 0 spiro atoms. The summed E-state index contributed by atoms with van der Waals surface area (Å²) in [6.45, 7) is 0.371. The first-order chi connectivity index (χ1) is 13.2. The molecule has 0 radical (unpaired) electrons. The molecule has 4 aromatic rings. The first-order valence-electron chi connectivity index (χ1n) is 8.10. The Hall–Kier alpha value is -2.71. The summed E-state index contributed by atoms with van der Waals surface area (Å²) in [5, 5.41) is 3.58. The molecular weight excluding hydrogens is 383 g/mol. The molecule has 0 saturated heterocycles. The number of rotatable bonds is 6. The van der Waals surface area contributed by atoms with Crippen molar-refractivity contribution in [2.45, 2.75) is 11.8 Å². The molecule has 8 heteroatoms. The summed E-state index contributed by atoms with van der Waals surface area (Å²) >= 11 is 3.05. The van der Waals surface area contributed by atoms with Crippen LogP contribution < -0.4 is 4.74 Å². The summed E-state index contributed by atoms with van der Waals surface area (Å²) < 4.78 is 19.0. The SMILES string of the molecule is CSc1nc(-c2ccnc(OCc3nccs3)c2)c(-c2ccc(F)cc2)[nH]1. The van der Waals surface area contributed by atoms with E-state index in [0.717, 1.165) is 32.7 Å². The molecule has 3 aromatic heterocycles. The number of hydrogen-bond donors (Lipinski definition) is 1. The van der Waals surface area contributed by atoms with Crippen LogP contribution in [0.5, 0.6) is 5.88 Å². The first-order valence-corrected chi connectivity index (χ1v) is 10.2. The van der Waals surface area contributed by atoms with Crippen LogP contribution in [0.3, 0.4) is 0 Å². The maximum absolute atomic E-state index is 13.3. The molecule has 0 aliphatic carbocycles. The Balaban J connectivity index is 1.67. The van der Waals surface area contributed by atoms with Crippen molar-refractivity contribution < 1.29 is 9.13 Å². The number of halogens is 1. The van der Waals surface area contributed by atoms with Crippen LogP contribution in [0.25, 0.3) is 22.5 Å². The number of benzene rings is 1. The molecule has 0 amide bonds. The van der Waals surface area contributed by atoms with E-state index in [4.69, 9.17) is 4.74 Å². The lowest BCUT2D eigenvalue weighted by Crippen LogP contribution is -1.97. The van der Waals surface area contributed by atoms with Gasteiger partial charge in [0.25, 0.3) is 0 Å². The van der Waals surface area contributed by atoms with Crippen molar-refractivity contribution in [3.05, 3.63) is 65.0 Å². The van der Waals surface area contributed by atoms with Gasteiger partial charge in [0.05, 0.1) is 11.4 Å². The number of H-pyrrole nitrogens is 1. The predicted molar refractivity (Wildman–Crippen MR) is 105 cm³/mol. The van der Waals surface area contributed by atoms with E-state index in [0.29, 0.717) is 12.5 Å². The number of aromatic amines is 1. The average molecular weight is 398 g/mol. The standard InChI is InChI=1S/C19H15FN4OS2/c1-26-19-23-17(12-2-4-14(20)5-3-12)18(24-19)13-6-7-21-15(10-13)25-11-16-22-8-9-27-16/h2-10H,11H2,1H3,(H,23,24). The zero-order valence-electron chi connectivity index (χ0n) is 14.3. The highest BCUT2D eigenvalue weighted by Gasteiger charge is 2.15. The van der Waals surface area contributed by atoms with E-state index >= 15 is 0 Å². The topological polar surface area (TPSA) is 63.7 Å². The number of nitrogens with one attached hydrogen (secondary N) is 1. The zero-order chi connectivity index (χ0) is 18.6. The van der Waals surface area contributed by atoms with E-state index in [-0.39, 0.29) is 5.82 Å². The van der Waals surface area contributed by atoms with Crippen molar-refractivity contribution in [1.29, 1.82) is 0 Å². The molecule has 0 bridgehead atoms. The molecule has 0 aliphatic rings. The van der Waals surface area contributed by atoms with Crippen LogP contribution in [0, 0.1) is 5.82 Å². The maximum atomic E-state index is 13.3. The van der Waals surface area contributed by atoms with E-state index in [9.17, 15) is 4.39 Å². The predicted octanol–water partition coefficient (Wildman–Crippen LogP) is 5.04. The van der Waals surface area contributed by atoms with Crippen molar-refractivity contribution in [3.63, 3.8) is 0 Å². The third kappa shape index (κ3) is 4.01. The number of imidazole rings is 1. The van der Waals surface area contributed by atoms with Crippen LogP contribution in [0.4, 0.5) is 4.39 Å². The number of hydrogen-bond acceptors (Lipinski definition) is 6. The quantitative estimate of drug-likeness (QED) is 0.461. The van der Waals surface area contributed by atoms with E-state index in [1.807, 2.05) is 23.8 Å². The summed E-state index contributed by atoms with van der Waals surface area (Å²) in [5.41, 5.74) is 3.33. The molecule has 4 rings (SSSR count). The van der Waals surface area contributed by atoms with Crippen LogP contribution in [0.1, 0.15) is 5.01 Å². The lowest BCUT2D eigenvalue weighted by molar-refractivity contribution is 0.293. The number of aromatic nitrogens is 4. The fourth-order valence-corrected chi connectivity index (χ4v) is 3.49. The van der Waals surface area contributed by atoms with Gasteiger partial charge in [-0.15, -0.1) is 11.3 Å². The van der Waals surface area contributed by atoms with E-state index in [2.05, 4.69) is 19.9 Å². The molecule has 27 heavy (non-hydrogen) atoms. The van der Waals surface area contributed by atoms with Crippen molar-refractivity contribution in [2.24, 2.45) is 0 Å². The Morgan fingerprint density at radius 1 is 1.11 bits per heavy atom. The van der Waals surface area contributed by atoms with Crippen LogP contribution in [0.2, 0.25) is 0 Å². The minimum absolute atomic E-state index is 0.272. The highest BCUT2D eigenvalue weighted by Crippen LogP contribution is 2.33. The van der Waals surface area contributed by atoms with Gasteiger partial charge in [0.2, 0.25) is 5.88 Å². The van der Waals surface area contributed by atoms with Crippen LogP contribution in [0.15, 0.2) is 59.3 Å². The smallest absolute Gasteiger partial charge is 0.214 e. The number of pyridine rings is 1. The lowest BCUT2D eigenvalue weighted by Gasteiger charge is -2.06. The van der Waals surface area contributed by atoms with Crippen molar-refractivity contribution in [3.8, 4) is 28.4 Å². The lowest BCUT2D eigenvalue weighted by atomic mass is 10.1. The average Bonchev–Trinajstić information content (AvgIpc) is 3.37. The summed E-state index contributed by atoms with van der Waals surface area (Å²) in [7, 11) is 0. The van der Waals surface area contributed by atoms with Gasteiger partial charge in [0.15, 0.2) is 5.16 Å². The van der Waals surface area contributed by atoms with E-state index in [1.54, 1.807) is 24.5 Å². The van der Waals surface area contributed by atoms with Crippen LogP contribution in [-0.4, -0.2) is 26.2 Å². The summed E-state index contributed by atoms with van der Waals surface area (Å²) in [4.78, 5) is 16.4. The molecular formula is C19H15FN4OS2. The second-order valence-corrected chi connectivity index (χ2v) is 7.35. The van der Waals surface area contributed by atoms with Crippen molar-refractivity contribution in [1.82, 2.24) is 19.9 Å². The summed E-state index contributed by atoms with van der Waals surface area (Å²) in [6.07, 6.45) is 5.39. The first kappa shape index (κ1) is 17.7. The number of nitrogens with zero attached hydrogens (tertiary/aromatic N) is 3. The Morgan fingerprint density at radius 2 is 1.96 bits per heavy atom. The molecule has 1 aromatic carbocycles. The molecule has 3 heterocycles. The van der Waals surface area contributed by atoms with Crippen LogP contribution in [-0.2, 0) is 6.61 Å². The second-order valence-electron chi connectivity index (χ2n) is 5.57. The van der Waals surface area contributed by atoms with Gasteiger partial charge in [0.1, 0.15) is 17.4 Å². The monoisotopic (exact) mass is 398 g/mol. The molecule has 0 unspecified atom stereocenters. The van der Waals surface area contributed by atoms with Gasteiger partial charge < -0.3 is 9.72 Å². The molecule has 0 atom stereocenters. The Kier molecular flexibility index (Phi) is 5.17. The highest BCUT2D eigenvalue weighted by molar-refractivity contribution is 7.98. The molecule has 0 fully saturated rings. The van der Waals surface area contributed by atoms with Gasteiger partial charge in [-0.25, -0.2) is 19.3 Å². The minimum atomic E-state index is -0.272. The van der Waals surface area contributed by atoms with Gasteiger partial charge >= 0.3 is 0 Å². The highest BCUT2D eigenvalue weighted by atomic mass is 32.2. The second kappa shape index (κ2) is 7.89. The molecule has 1 N–H and O–H groups in total. The largest absolute Gasteiger partial charge is 0.470 e.